The van der Waals surface area contributed by atoms with Crippen LogP contribution in [0, 0.1) is 20.8 Å². The predicted molar refractivity (Wildman–Crippen MR) is 106 cm³/mol. The summed E-state index contributed by atoms with van der Waals surface area (Å²) in [6.07, 6.45) is 0. The van der Waals surface area contributed by atoms with Crippen LogP contribution in [0.5, 0.6) is 0 Å². The van der Waals surface area contributed by atoms with Crippen LogP contribution in [0.1, 0.15) is 22.3 Å². The SMILES string of the molecule is Cc1ccc(N2CCn3c2nn(Cc2cc(C)ccc2C)c(=O)c3=O)cc1. The van der Waals surface area contributed by atoms with E-state index in [2.05, 4.69) is 5.10 Å². The summed E-state index contributed by atoms with van der Waals surface area (Å²) in [5, 5.41) is 4.55. The Kier molecular flexibility index (Phi) is 4.18. The highest BCUT2D eigenvalue weighted by atomic mass is 16.2. The second-order valence-corrected chi connectivity index (χ2v) is 7.14. The van der Waals surface area contributed by atoms with E-state index in [0.29, 0.717) is 19.0 Å². The van der Waals surface area contributed by atoms with Gasteiger partial charge >= 0.3 is 11.1 Å². The molecule has 0 atom stereocenters. The molecule has 0 spiro atoms. The molecule has 0 saturated carbocycles. The zero-order valence-electron chi connectivity index (χ0n) is 15.8. The number of benzene rings is 2. The van der Waals surface area contributed by atoms with E-state index in [-0.39, 0.29) is 6.54 Å². The molecule has 0 fully saturated rings. The number of aryl methyl sites for hydroxylation is 3. The number of anilines is 2. The van der Waals surface area contributed by atoms with Gasteiger partial charge in [-0.05, 0) is 44.0 Å². The van der Waals surface area contributed by atoms with Crippen LogP contribution < -0.4 is 16.0 Å². The molecule has 1 aliphatic rings. The molecule has 0 amide bonds. The van der Waals surface area contributed by atoms with Crippen LogP contribution in [-0.4, -0.2) is 20.9 Å². The molecule has 0 bridgehead atoms. The second kappa shape index (κ2) is 6.54. The Labute approximate surface area is 157 Å². The van der Waals surface area contributed by atoms with Crippen molar-refractivity contribution in [2.45, 2.75) is 33.9 Å². The molecule has 3 aromatic rings. The number of aromatic nitrogens is 3. The van der Waals surface area contributed by atoms with Gasteiger partial charge in [0.1, 0.15) is 0 Å². The zero-order chi connectivity index (χ0) is 19.1. The quantitative estimate of drug-likeness (QED) is 0.672. The lowest BCUT2D eigenvalue weighted by molar-refractivity contribution is 0.590. The Morgan fingerprint density at radius 2 is 1.59 bits per heavy atom. The molecule has 0 unspecified atom stereocenters. The summed E-state index contributed by atoms with van der Waals surface area (Å²) >= 11 is 0. The first kappa shape index (κ1) is 17.3. The van der Waals surface area contributed by atoms with Crippen molar-refractivity contribution in [1.29, 1.82) is 0 Å². The summed E-state index contributed by atoms with van der Waals surface area (Å²) in [5.74, 6) is 0.522. The summed E-state index contributed by atoms with van der Waals surface area (Å²) < 4.78 is 2.77. The Morgan fingerprint density at radius 3 is 2.33 bits per heavy atom. The first-order chi connectivity index (χ1) is 12.9. The zero-order valence-corrected chi connectivity index (χ0v) is 15.8. The fraction of sp³-hybridized carbons (Fsp3) is 0.286. The summed E-state index contributed by atoms with van der Waals surface area (Å²) in [4.78, 5) is 27.2. The maximum Gasteiger partial charge on any atom is 0.333 e. The third kappa shape index (κ3) is 3.07. The van der Waals surface area contributed by atoms with E-state index in [0.717, 1.165) is 22.4 Å². The molecule has 6 heteroatoms. The van der Waals surface area contributed by atoms with E-state index in [4.69, 9.17) is 0 Å². The van der Waals surface area contributed by atoms with Gasteiger partial charge in [0.05, 0.1) is 6.54 Å². The van der Waals surface area contributed by atoms with E-state index in [9.17, 15) is 9.59 Å². The molecule has 1 aliphatic heterocycles. The van der Waals surface area contributed by atoms with Gasteiger partial charge in [-0.1, -0.05) is 41.5 Å². The first-order valence-electron chi connectivity index (χ1n) is 9.06. The monoisotopic (exact) mass is 362 g/mol. The molecule has 0 saturated heterocycles. The van der Waals surface area contributed by atoms with Crippen molar-refractivity contribution in [3.8, 4) is 0 Å². The molecule has 4 rings (SSSR count). The molecule has 0 aliphatic carbocycles. The largest absolute Gasteiger partial charge is 0.333 e. The number of hydrogen-bond donors (Lipinski definition) is 0. The van der Waals surface area contributed by atoms with Gasteiger partial charge in [-0.3, -0.25) is 14.2 Å². The molecule has 0 radical (unpaired) electrons. The Hall–Kier alpha value is -3.15. The van der Waals surface area contributed by atoms with Crippen molar-refractivity contribution in [1.82, 2.24) is 14.3 Å². The van der Waals surface area contributed by atoms with Gasteiger partial charge in [-0.25, -0.2) is 4.68 Å². The van der Waals surface area contributed by atoms with Gasteiger partial charge in [-0.2, -0.15) is 0 Å². The highest BCUT2D eigenvalue weighted by Gasteiger charge is 2.26. The molecule has 2 aromatic carbocycles. The molecule has 27 heavy (non-hydrogen) atoms. The van der Waals surface area contributed by atoms with Crippen molar-refractivity contribution in [3.05, 3.63) is 85.4 Å². The molecule has 1 aromatic heterocycles. The summed E-state index contributed by atoms with van der Waals surface area (Å²) in [6, 6.07) is 14.2. The lowest BCUT2D eigenvalue weighted by Gasteiger charge is -2.18. The standard InChI is InChI=1S/C21H22N4O2/c1-14-5-8-18(9-6-14)23-10-11-24-19(26)20(27)25(22-21(23)24)13-17-12-15(2)4-7-16(17)3/h4-9,12H,10-11,13H2,1-3H3. The molecule has 138 valence electrons. The highest BCUT2D eigenvalue weighted by Crippen LogP contribution is 2.26. The fourth-order valence-electron chi connectivity index (χ4n) is 3.43. The minimum Gasteiger partial charge on any atom is -0.309 e. The Bertz CT molecular complexity index is 1130. The fourth-order valence-corrected chi connectivity index (χ4v) is 3.43. The van der Waals surface area contributed by atoms with Crippen molar-refractivity contribution in [2.75, 3.05) is 11.4 Å². The average Bonchev–Trinajstić information content (AvgIpc) is 3.07. The topological polar surface area (TPSA) is 60.1 Å². The summed E-state index contributed by atoms with van der Waals surface area (Å²) in [5.41, 5.74) is 4.23. The van der Waals surface area contributed by atoms with Crippen molar-refractivity contribution in [3.63, 3.8) is 0 Å². The van der Waals surface area contributed by atoms with Gasteiger partial charge in [0.25, 0.3) is 0 Å². The third-order valence-electron chi connectivity index (χ3n) is 5.07. The Morgan fingerprint density at radius 1 is 0.889 bits per heavy atom. The van der Waals surface area contributed by atoms with Crippen LogP contribution in [0.15, 0.2) is 52.1 Å². The van der Waals surface area contributed by atoms with E-state index < -0.39 is 11.1 Å². The van der Waals surface area contributed by atoms with Gasteiger partial charge in [-0.15, -0.1) is 5.10 Å². The van der Waals surface area contributed by atoms with Crippen molar-refractivity contribution in [2.24, 2.45) is 0 Å². The molecular formula is C21H22N4O2. The highest BCUT2D eigenvalue weighted by molar-refractivity contribution is 5.59. The predicted octanol–water partition coefficient (Wildman–Crippen LogP) is 2.53. The smallest absolute Gasteiger partial charge is 0.309 e. The van der Waals surface area contributed by atoms with Gasteiger partial charge in [0, 0.05) is 18.8 Å². The Balaban J connectivity index is 1.79. The summed E-state index contributed by atoms with van der Waals surface area (Å²) in [7, 11) is 0. The van der Waals surface area contributed by atoms with E-state index in [1.54, 1.807) is 0 Å². The van der Waals surface area contributed by atoms with Crippen LogP contribution in [0.4, 0.5) is 11.6 Å². The van der Waals surface area contributed by atoms with Gasteiger partial charge in [0.2, 0.25) is 5.95 Å². The van der Waals surface area contributed by atoms with Crippen molar-refractivity contribution < 1.29 is 0 Å². The maximum absolute atomic E-state index is 12.6. The number of hydrogen-bond acceptors (Lipinski definition) is 4. The van der Waals surface area contributed by atoms with Crippen LogP contribution in [0.3, 0.4) is 0 Å². The average molecular weight is 362 g/mol. The van der Waals surface area contributed by atoms with E-state index >= 15 is 0 Å². The minimum atomic E-state index is -0.578. The number of rotatable bonds is 3. The molecule has 2 heterocycles. The molecule has 0 N–H and O–H groups in total. The summed E-state index contributed by atoms with van der Waals surface area (Å²) in [6.45, 7) is 7.42. The van der Waals surface area contributed by atoms with Crippen molar-refractivity contribution >= 4 is 11.6 Å². The normalized spacial score (nSPS) is 13.1. The van der Waals surface area contributed by atoms with Crippen LogP contribution in [-0.2, 0) is 13.1 Å². The lowest BCUT2D eigenvalue weighted by Crippen LogP contribution is -2.42. The number of nitrogens with zero attached hydrogens (tertiary/aromatic N) is 4. The third-order valence-corrected chi connectivity index (χ3v) is 5.07. The first-order valence-corrected chi connectivity index (χ1v) is 9.06. The van der Waals surface area contributed by atoms with E-state index in [1.165, 1.54) is 14.8 Å². The second-order valence-electron chi connectivity index (χ2n) is 7.14. The van der Waals surface area contributed by atoms with Gasteiger partial charge in [0.15, 0.2) is 0 Å². The van der Waals surface area contributed by atoms with Crippen LogP contribution in [0.2, 0.25) is 0 Å². The molecular weight excluding hydrogens is 340 g/mol. The lowest BCUT2D eigenvalue weighted by atomic mass is 10.1. The number of fused-ring (bicyclic) bond motifs is 1. The van der Waals surface area contributed by atoms with E-state index in [1.807, 2.05) is 68.1 Å². The molecule has 6 nitrogen and oxygen atoms in total. The van der Waals surface area contributed by atoms with Crippen LogP contribution in [0.25, 0.3) is 0 Å². The van der Waals surface area contributed by atoms with Crippen LogP contribution >= 0.6 is 0 Å². The minimum absolute atomic E-state index is 0.289. The maximum atomic E-state index is 12.6. The van der Waals surface area contributed by atoms with Gasteiger partial charge < -0.3 is 4.90 Å².